The van der Waals surface area contributed by atoms with Gasteiger partial charge in [-0.3, -0.25) is 0 Å². The summed E-state index contributed by atoms with van der Waals surface area (Å²) in [6, 6.07) is 9.09. The largest absolute Gasteiger partial charge is 0.205 e. The summed E-state index contributed by atoms with van der Waals surface area (Å²) in [5.41, 5.74) is 3.32. The van der Waals surface area contributed by atoms with Gasteiger partial charge in [-0.1, -0.05) is 26.0 Å². The Labute approximate surface area is 195 Å². The van der Waals surface area contributed by atoms with E-state index in [0.717, 1.165) is 24.9 Å². The van der Waals surface area contributed by atoms with E-state index in [2.05, 4.69) is 97.3 Å². The Morgan fingerprint density at radius 1 is 0.688 bits per heavy atom. The second kappa shape index (κ2) is 9.73. The minimum absolute atomic E-state index is 0.359. The monoisotopic (exact) mass is 430 g/mol. The maximum atomic E-state index is 4.04. The molecule has 2 nitrogen and oxygen atoms in total. The summed E-state index contributed by atoms with van der Waals surface area (Å²) >= 11 is 0. The summed E-state index contributed by atoms with van der Waals surface area (Å²) in [4.78, 5) is 0. The third-order valence-corrected chi connectivity index (χ3v) is 8.53. The fraction of sp³-hybridized carbons (Fsp3) is 0.533. The Morgan fingerprint density at radius 2 is 1.00 bits per heavy atom. The van der Waals surface area contributed by atoms with E-state index in [1.165, 1.54) is 62.5 Å². The molecule has 170 valence electrons. The van der Waals surface area contributed by atoms with Gasteiger partial charge >= 0.3 is 0 Å². The maximum Gasteiger partial charge on any atom is 0.169 e. The highest BCUT2D eigenvalue weighted by atomic mass is 14.9. The Hall–Kier alpha value is -2.22. The van der Waals surface area contributed by atoms with Gasteiger partial charge in [0, 0.05) is 36.1 Å². The van der Waals surface area contributed by atoms with Crippen LogP contribution in [0.5, 0.6) is 0 Å². The number of rotatable bonds is 7. The van der Waals surface area contributed by atoms with Crippen molar-refractivity contribution in [3.63, 3.8) is 0 Å². The van der Waals surface area contributed by atoms with E-state index >= 15 is 0 Å². The summed E-state index contributed by atoms with van der Waals surface area (Å²) in [5, 5.41) is 0. The molecule has 32 heavy (non-hydrogen) atoms. The molecule has 2 saturated carbocycles. The Bertz CT molecular complexity index is 815. The standard InChI is InChI=1S/C30H42N2/c1-5-29(3)15-7-25(8-16-29)23-31-19-11-27(12-20-31)28-13-21-32(22-14-28)24-26-9-17-30(4,6-2)18-10-26/h5-6,11-14,19-22,25-26H,1-2,7-10,15-18,23-24H2,3-4H3/q+2. The number of pyridine rings is 2. The van der Waals surface area contributed by atoms with E-state index in [-0.39, 0.29) is 0 Å². The summed E-state index contributed by atoms with van der Waals surface area (Å²) in [6.45, 7) is 15.1. The molecule has 0 aliphatic heterocycles. The van der Waals surface area contributed by atoms with Crippen LogP contribution in [0.25, 0.3) is 11.1 Å². The van der Waals surface area contributed by atoms with Gasteiger partial charge in [0.2, 0.25) is 0 Å². The van der Waals surface area contributed by atoms with Crippen molar-refractivity contribution < 1.29 is 9.13 Å². The molecule has 0 N–H and O–H groups in total. The normalized spacial score (nSPS) is 30.6. The molecule has 2 heterocycles. The third kappa shape index (κ3) is 5.57. The summed E-state index contributed by atoms with van der Waals surface area (Å²) in [5.74, 6) is 1.58. The van der Waals surface area contributed by atoms with Crippen LogP contribution in [0.3, 0.4) is 0 Å². The second-order valence-corrected chi connectivity index (χ2v) is 11.2. The van der Waals surface area contributed by atoms with Gasteiger partial charge < -0.3 is 0 Å². The summed E-state index contributed by atoms with van der Waals surface area (Å²) in [7, 11) is 0. The summed E-state index contributed by atoms with van der Waals surface area (Å²) < 4.78 is 4.74. The topological polar surface area (TPSA) is 7.76 Å². The molecule has 2 fully saturated rings. The Kier molecular flexibility index (Phi) is 6.98. The lowest BCUT2D eigenvalue weighted by Crippen LogP contribution is -2.39. The van der Waals surface area contributed by atoms with E-state index in [1.807, 2.05) is 0 Å². The van der Waals surface area contributed by atoms with Gasteiger partial charge in [-0.2, -0.15) is 0 Å². The molecule has 0 amide bonds. The van der Waals surface area contributed by atoms with E-state index < -0.39 is 0 Å². The molecule has 0 unspecified atom stereocenters. The third-order valence-electron chi connectivity index (χ3n) is 8.53. The first-order chi connectivity index (χ1) is 15.4. The second-order valence-electron chi connectivity index (χ2n) is 11.2. The molecule has 0 aromatic carbocycles. The van der Waals surface area contributed by atoms with Crippen LogP contribution in [0, 0.1) is 22.7 Å². The average molecular weight is 431 g/mol. The van der Waals surface area contributed by atoms with Gasteiger partial charge in [0.05, 0.1) is 0 Å². The molecule has 2 aromatic heterocycles. The van der Waals surface area contributed by atoms with Gasteiger partial charge in [-0.05, 0) is 73.3 Å². The fourth-order valence-electron chi connectivity index (χ4n) is 5.59. The van der Waals surface area contributed by atoms with E-state index in [0.29, 0.717) is 10.8 Å². The predicted octanol–water partition coefficient (Wildman–Crippen LogP) is 6.69. The van der Waals surface area contributed by atoms with Crippen molar-refractivity contribution in [2.24, 2.45) is 22.7 Å². The van der Waals surface area contributed by atoms with Crippen molar-refractivity contribution in [2.45, 2.75) is 78.3 Å². The van der Waals surface area contributed by atoms with Crippen LogP contribution in [0.1, 0.15) is 65.2 Å². The Balaban J connectivity index is 1.30. The van der Waals surface area contributed by atoms with Gasteiger partial charge in [0.15, 0.2) is 37.9 Å². The lowest BCUT2D eigenvalue weighted by molar-refractivity contribution is -0.704. The van der Waals surface area contributed by atoms with Crippen molar-refractivity contribution >= 4 is 0 Å². The highest BCUT2D eigenvalue weighted by Crippen LogP contribution is 2.40. The zero-order chi connectivity index (χ0) is 22.6. The van der Waals surface area contributed by atoms with Crippen molar-refractivity contribution in [1.82, 2.24) is 0 Å². The van der Waals surface area contributed by atoms with Crippen LogP contribution in [-0.2, 0) is 13.1 Å². The summed E-state index contributed by atoms with van der Waals surface area (Å²) in [6.07, 6.45) is 23.7. The first kappa shape index (κ1) is 23.0. The maximum absolute atomic E-state index is 4.04. The number of nitrogens with zero attached hydrogens (tertiary/aromatic N) is 2. The SMILES string of the molecule is C=CC1(C)CCC(C[n+]2ccc(-c3cc[n+](CC4CCC(C)(C=C)CC4)cc3)cc2)CC1. The first-order valence-electron chi connectivity index (χ1n) is 12.7. The predicted molar refractivity (Wildman–Crippen MR) is 133 cm³/mol. The molecule has 0 spiro atoms. The quantitative estimate of drug-likeness (QED) is 0.341. The van der Waals surface area contributed by atoms with Crippen molar-refractivity contribution in [1.29, 1.82) is 0 Å². The van der Waals surface area contributed by atoms with E-state index in [4.69, 9.17) is 0 Å². The Morgan fingerprint density at radius 3 is 1.28 bits per heavy atom. The number of hydrogen-bond acceptors (Lipinski definition) is 0. The molecule has 4 rings (SSSR count). The van der Waals surface area contributed by atoms with Crippen LogP contribution >= 0.6 is 0 Å². The number of hydrogen-bond donors (Lipinski definition) is 0. The zero-order valence-corrected chi connectivity index (χ0v) is 20.3. The number of allylic oxidation sites excluding steroid dienone is 2. The van der Waals surface area contributed by atoms with Crippen LogP contribution in [0.2, 0.25) is 0 Å². The molecule has 0 bridgehead atoms. The lowest BCUT2D eigenvalue weighted by atomic mass is 9.72. The van der Waals surface area contributed by atoms with E-state index in [1.54, 1.807) is 0 Å². The minimum atomic E-state index is 0.359. The van der Waals surface area contributed by atoms with Gasteiger partial charge in [0.25, 0.3) is 0 Å². The molecular weight excluding hydrogens is 388 g/mol. The van der Waals surface area contributed by atoms with Crippen LogP contribution in [0.4, 0.5) is 0 Å². The van der Waals surface area contributed by atoms with Gasteiger partial charge in [0.1, 0.15) is 0 Å². The molecule has 0 radical (unpaired) electrons. The molecule has 2 aliphatic rings. The van der Waals surface area contributed by atoms with Crippen molar-refractivity contribution in [3.05, 3.63) is 74.4 Å². The van der Waals surface area contributed by atoms with Crippen molar-refractivity contribution in [2.75, 3.05) is 0 Å². The molecule has 0 saturated heterocycles. The highest BCUT2D eigenvalue weighted by molar-refractivity contribution is 5.60. The zero-order valence-electron chi connectivity index (χ0n) is 20.3. The van der Waals surface area contributed by atoms with Gasteiger partial charge in [-0.15, -0.1) is 13.2 Å². The first-order valence-corrected chi connectivity index (χ1v) is 12.7. The van der Waals surface area contributed by atoms with Crippen LogP contribution in [0.15, 0.2) is 74.4 Å². The minimum Gasteiger partial charge on any atom is -0.205 e. The molecule has 2 heteroatoms. The average Bonchev–Trinajstić information content (AvgIpc) is 2.83. The fourth-order valence-corrected chi connectivity index (χ4v) is 5.59. The molecule has 2 aromatic rings. The highest BCUT2D eigenvalue weighted by Gasteiger charge is 2.31. The molecule has 2 aliphatic carbocycles. The van der Waals surface area contributed by atoms with Crippen LogP contribution in [-0.4, -0.2) is 0 Å². The smallest absolute Gasteiger partial charge is 0.169 e. The molecular formula is C30H42N2+2. The number of aromatic nitrogens is 2. The van der Waals surface area contributed by atoms with Gasteiger partial charge in [-0.25, -0.2) is 9.13 Å². The van der Waals surface area contributed by atoms with Crippen LogP contribution < -0.4 is 9.13 Å². The molecule has 0 atom stereocenters. The lowest BCUT2D eigenvalue weighted by Gasteiger charge is -2.33. The van der Waals surface area contributed by atoms with E-state index in [9.17, 15) is 0 Å². The van der Waals surface area contributed by atoms with Crippen molar-refractivity contribution in [3.8, 4) is 11.1 Å².